The van der Waals surface area contributed by atoms with Crippen molar-refractivity contribution in [3.8, 4) is 11.1 Å². The molecule has 2 saturated heterocycles. The van der Waals surface area contributed by atoms with E-state index in [1.807, 2.05) is 64.8 Å². The van der Waals surface area contributed by atoms with Crippen LogP contribution in [0.25, 0.3) is 11.1 Å². The van der Waals surface area contributed by atoms with Crippen LogP contribution < -0.4 is 10.6 Å². The van der Waals surface area contributed by atoms with Crippen LogP contribution in [0.3, 0.4) is 0 Å². The maximum Gasteiger partial charge on any atom is 0.405 e. The Morgan fingerprint density at radius 1 is 0.720 bits per heavy atom. The summed E-state index contributed by atoms with van der Waals surface area (Å²) in [4.78, 5) is 43.1. The Morgan fingerprint density at radius 3 is 2.10 bits per heavy atom. The molecule has 0 aromatic heterocycles. The zero-order valence-electron chi connectivity index (χ0n) is 28.7. The molecule has 2 N–H and O–H groups in total. The van der Waals surface area contributed by atoms with Crippen LogP contribution in [-0.4, -0.2) is 72.5 Å². The summed E-state index contributed by atoms with van der Waals surface area (Å²) in [6, 6.07) is 25.5. The first-order chi connectivity index (χ1) is 24.2. The van der Waals surface area contributed by atoms with Gasteiger partial charge in [-0.05, 0) is 79.3 Å². The van der Waals surface area contributed by atoms with E-state index in [4.69, 9.17) is 0 Å². The van der Waals surface area contributed by atoms with Crippen molar-refractivity contribution < 1.29 is 27.6 Å². The van der Waals surface area contributed by atoms with Gasteiger partial charge in [0.1, 0.15) is 6.54 Å². The van der Waals surface area contributed by atoms with Gasteiger partial charge in [0.15, 0.2) is 0 Å². The van der Waals surface area contributed by atoms with Gasteiger partial charge in [0, 0.05) is 32.1 Å². The van der Waals surface area contributed by atoms with Gasteiger partial charge in [-0.1, -0.05) is 91.7 Å². The van der Waals surface area contributed by atoms with Crippen molar-refractivity contribution in [3.05, 3.63) is 95.6 Å². The minimum atomic E-state index is -4.45. The summed E-state index contributed by atoms with van der Waals surface area (Å²) in [6.45, 7) is 2.21. The molecule has 1 atom stereocenters. The predicted molar refractivity (Wildman–Crippen MR) is 189 cm³/mol. The molecule has 0 aliphatic carbocycles. The van der Waals surface area contributed by atoms with Crippen LogP contribution in [0, 0.1) is 5.92 Å². The van der Waals surface area contributed by atoms with E-state index in [2.05, 4.69) is 22.3 Å². The Labute approximate surface area is 293 Å². The maximum absolute atomic E-state index is 13.6. The number of nitrogens with one attached hydrogen (secondary N) is 2. The number of alkyl halides is 3. The average Bonchev–Trinajstić information content (AvgIpc) is 3.13. The summed E-state index contributed by atoms with van der Waals surface area (Å²) in [5, 5.41) is 5.08. The zero-order chi connectivity index (χ0) is 35.3. The van der Waals surface area contributed by atoms with E-state index in [1.54, 1.807) is 12.1 Å². The average molecular weight is 691 g/mol. The molecule has 2 aliphatic rings. The van der Waals surface area contributed by atoms with E-state index >= 15 is 0 Å². The lowest BCUT2D eigenvalue weighted by atomic mass is 9.91. The molecular weight excluding hydrogens is 641 g/mol. The summed E-state index contributed by atoms with van der Waals surface area (Å²) >= 11 is 0. The minimum absolute atomic E-state index is 0.0710. The van der Waals surface area contributed by atoms with E-state index in [-0.39, 0.29) is 30.2 Å². The van der Waals surface area contributed by atoms with Gasteiger partial charge in [0.25, 0.3) is 0 Å². The molecule has 50 heavy (non-hydrogen) atoms. The molecule has 3 amide bonds. The number of halogens is 3. The number of hydrogen-bond acceptors (Lipinski definition) is 4. The van der Waals surface area contributed by atoms with Gasteiger partial charge >= 0.3 is 6.18 Å². The van der Waals surface area contributed by atoms with Gasteiger partial charge < -0.3 is 15.5 Å². The van der Waals surface area contributed by atoms with Crippen LogP contribution in [0.1, 0.15) is 68.1 Å². The second kappa shape index (κ2) is 18.2. The van der Waals surface area contributed by atoms with Gasteiger partial charge in [-0.25, -0.2) is 0 Å². The lowest BCUT2D eigenvalue weighted by Crippen LogP contribution is -2.53. The van der Waals surface area contributed by atoms with Crippen molar-refractivity contribution in [2.75, 3.05) is 32.7 Å². The highest BCUT2D eigenvalue weighted by Crippen LogP contribution is 2.29. The number of piperidine rings is 2. The first kappa shape index (κ1) is 37.1. The highest BCUT2D eigenvalue weighted by molar-refractivity contribution is 5.84. The molecular formula is C40H49F3N4O3. The number of aryl methyl sites for hydroxylation is 1. The fraction of sp³-hybridized carbons (Fsp3) is 0.475. The van der Waals surface area contributed by atoms with Gasteiger partial charge in [-0.3, -0.25) is 19.3 Å². The lowest BCUT2D eigenvalue weighted by Gasteiger charge is -2.40. The van der Waals surface area contributed by atoms with Crippen molar-refractivity contribution in [3.63, 3.8) is 0 Å². The lowest BCUT2D eigenvalue weighted by molar-refractivity contribution is -0.141. The molecule has 268 valence electrons. The highest BCUT2D eigenvalue weighted by atomic mass is 19.4. The third kappa shape index (κ3) is 10.9. The molecule has 5 rings (SSSR count). The quantitative estimate of drug-likeness (QED) is 0.185. The number of rotatable bonds is 14. The van der Waals surface area contributed by atoms with Crippen LogP contribution in [0.5, 0.6) is 0 Å². The van der Waals surface area contributed by atoms with Gasteiger partial charge in [-0.15, -0.1) is 0 Å². The largest absolute Gasteiger partial charge is 0.405 e. The van der Waals surface area contributed by atoms with E-state index in [0.29, 0.717) is 38.0 Å². The van der Waals surface area contributed by atoms with Crippen molar-refractivity contribution in [1.29, 1.82) is 0 Å². The van der Waals surface area contributed by atoms with Crippen molar-refractivity contribution in [2.24, 2.45) is 5.92 Å². The van der Waals surface area contributed by atoms with Crippen molar-refractivity contribution >= 4 is 17.7 Å². The number of carbonyl (C=O) groups is 3. The number of likely N-dealkylation sites (tertiary alicyclic amines) is 2. The van der Waals surface area contributed by atoms with E-state index in [1.165, 1.54) is 5.56 Å². The maximum atomic E-state index is 13.6. The Morgan fingerprint density at radius 2 is 1.38 bits per heavy atom. The molecule has 0 saturated carbocycles. The van der Waals surface area contributed by atoms with Crippen LogP contribution in [0.4, 0.5) is 13.2 Å². The first-order valence-corrected chi connectivity index (χ1v) is 18.0. The fourth-order valence-corrected chi connectivity index (χ4v) is 7.20. The summed E-state index contributed by atoms with van der Waals surface area (Å²) in [6.07, 6.45) is 3.32. The van der Waals surface area contributed by atoms with Crippen LogP contribution in [0.2, 0.25) is 0 Å². The summed E-state index contributed by atoms with van der Waals surface area (Å²) in [5.74, 6) is -0.468. The number of amides is 3. The van der Waals surface area contributed by atoms with Gasteiger partial charge in [-0.2, -0.15) is 13.2 Å². The molecule has 3 aromatic rings. The smallest absolute Gasteiger partial charge is 0.356 e. The third-order valence-corrected chi connectivity index (χ3v) is 9.89. The Kier molecular flexibility index (Phi) is 13.5. The molecule has 2 fully saturated rings. The monoisotopic (exact) mass is 690 g/mol. The molecule has 10 heteroatoms. The second-order valence-corrected chi connectivity index (χ2v) is 13.6. The van der Waals surface area contributed by atoms with Gasteiger partial charge in [0.2, 0.25) is 17.7 Å². The standard InChI is InChI=1S/C40H49F3N4O3/c41-40(42,43)29-45-37(48)27-33-17-7-9-19-35(33)34-18-8-6-16-31(34)15-5-2-11-23-44-38(49)32-21-25-46(26-22-32)39(50)36-20-10-12-24-47(36)28-30-13-3-1-4-14-30/h1,3-4,6-9,13-14,16-19,32,36H,2,5,10-12,15,20-29H2,(H,44,49)(H,45,48). The van der Waals surface area contributed by atoms with Crippen LogP contribution in [0.15, 0.2) is 78.9 Å². The zero-order valence-corrected chi connectivity index (χ0v) is 28.7. The van der Waals surface area contributed by atoms with Crippen molar-refractivity contribution in [2.45, 2.75) is 83.0 Å². The molecule has 7 nitrogen and oxygen atoms in total. The molecule has 2 aliphatic heterocycles. The number of benzene rings is 3. The normalized spacial score (nSPS) is 17.3. The van der Waals surface area contributed by atoms with E-state index < -0.39 is 18.6 Å². The Balaban J connectivity index is 1.02. The van der Waals surface area contributed by atoms with Crippen molar-refractivity contribution in [1.82, 2.24) is 20.4 Å². The first-order valence-electron chi connectivity index (χ1n) is 18.0. The minimum Gasteiger partial charge on any atom is -0.356 e. The summed E-state index contributed by atoms with van der Waals surface area (Å²) < 4.78 is 37.7. The number of carbonyl (C=O) groups excluding carboxylic acids is 3. The number of hydrogen-bond donors (Lipinski definition) is 2. The molecule has 0 radical (unpaired) electrons. The molecule has 0 spiro atoms. The second-order valence-electron chi connectivity index (χ2n) is 13.6. The number of nitrogens with zero attached hydrogens (tertiary/aromatic N) is 2. The molecule has 2 heterocycles. The summed E-state index contributed by atoms with van der Waals surface area (Å²) in [7, 11) is 0. The van der Waals surface area contributed by atoms with Crippen LogP contribution in [-0.2, 0) is 33.8 Å². The SMILES string of the molecule is O=C(Cc1ccccc1-c1ccccc1CCCCCNC(=O)C1CCN(C(=O)C2CCCCN2Cc2ccccc2)CC1)NCC(F)(F)F. The molecule has 0 bridgehead atoms. The topological polar surface area (TPSA) is 81.8 Å². The Hall–Kier alpha value is -4.18. The molecule has 1 unspecified atom stereocenters. The predicted octanol–water partition coefficient (Wildman–Crippen LogP) is 6.70. The van der Waals surface area contributed by atoms with E-state index in [9.17, 15) is 27.6 Å². The summed E-state index contributed by atoms with van der Waals surface area (Å²) in [5.41, 5.74) is 4.82. The fourth-order valence-electron chi connectivity index (χ4n) is 7.20. The number of unbranched alkanes of at least 4 members (excludes halogenated alkanes) is 2. The Bertz CT molecular complexity index is 1560. The third-order valence-electron chi connectivity index (χ3n) is 9.89. The highest BCUT2D eigenvalue weighted by Gasteiger charge is 2.35. The van der Waals surface area contributed by atoms with E-state index in [0.717, 1.165) is 74.7 Å². The van der Waals surface area contributed by atoms with Crippen LogP contribution >= 0.6 is 0 Å². The molecule has 3 aromatic carbocycles. The van der Waals surface area contributed by atoms with Gasteiger partial charge in [0.05, 0.1) is 12.5 Å².